The van der Waals surface area contributed by atoms with E-state index in [2.05, 4.69) is 11.1 Å². The molecule has 1 saturated heterocycles. The highest BCUT2D eigenvalue weighted by Gasteiger charge is 2.49. The van der Waals surface area contributed by atoms with Gasteiger partial charge in [-0.05, 0) is 42.2 Å². The van der Waals surface area contributed by atoms with Gasteiger partial charge < -0.3 is 14.8 Å². The smallest absolute Gasteiger partial charge is 0.269 e. The third-order valence-electron chi connectivity index (χ3n) is 8.23. The van der Waals surface area contributed by atoms with Crippen molar-refractivity contribution in [3.63, 3.8) is 0 Å². The number of aromatic amines is 1. The molecule has 8 heteroatoms. The standard InChI is InChI=1S/C28H30N4O4/c33-25-17-30(19-8-4-2-1-3-5-9-19)28(34)24-16-22-21-10-6-7-11-23(21)29-26(22)27(31(24)25)18-12-14-20(15-13-18)32(35)36/h6-7,10-15,19,24,27,29H,1-5,8-9,16-17H2/t24-,27-/m1/s1. The number of hydrogen-bond donors (Lipinski definition) is 1. The molecule has 1 aromatic heterocycles. The zero-order valence-corrected chi connectivity index (χ0v) is 20.2. The fourth-order valence-corrected chi connectivity index (χ4v) is 6.47. The summed E-state index contributed by atoms with van der Waals surface area (Å²) in [7, 11) is 0. The van der Waals surface area contributed by atoms with Crippen LogP contribution in [0.5, 0.6) is 0 Å². The van der Waals surface area contributed by atoms with E-state index in [0.29, 0.717) is 6.42 Å². The number of piperazine rings is 1. The summed E-state index contributed by atoms with van der Waals surface area (Å²) < 4.78 is 0. The molecule has 3 heterocycles. The lowest BCUT2D eigenvalue weighted by atomic mass is 9.85. The fraction of sp³-hybridized carbons (Fsp3) is 0.429. The van der Waals surface area contributed by atoms with Crippen molar-refractivity contribution in [2.75, 3.05) is 6.54 Å². The summed E-state index contributed by atoms with van der Waals surface area (Å²) in [5.41, 5.74) is 3.67. The van der Waals surface area contributed by atoms with E-state index in [-0.39, 0.29) is 30.1 Å². The molecule has 2 fully saturated rings. The quantitative estimate of drug-likeness (QED) is 0.422. The zero-order chi connectivity index (χ0) is 24.8. The Balaban J connectivity index is 1.43. The molecule has 1 saturated carbocycles. The first-order chi connectivity index (χ1) is 17.5. The summed E-state index contributed by atoms with van der Waals surface area (Å²) in [6.45, 7) is 0.0963. The van der Waals surface area contributed by atoms with Crippen LogP contribution in [-0.4, -0.2) is 50.1 Å². The number of nitrogens with one attached hydrogen (secondary N) is 1. The van der Waals surface area contributed by atoms with Gasteiger partial charge in [-0.25, -0.2) is 0 Å². The molecule has 6 rings (SSSR count). The average Bonchev–Trinajstić information content (AvgIpc) is 3.23. The lowest BCUT2D eigenvalue weighted by molar-refractivity contribution is -0.384. The number of aromatic nitrogens is 1. The maximum atomic E-state index is 14.0. The lowest BCUT2D eigenvalue weighted by Crippen LogP contribution is -2.64. The van der Waals surface area contributed by atoms with Crippen LogP contribution >= 0.6 is 0 Å². The number of nitro groups is 1. The predicted molar refractivity (Wildman–Crippen MR) is 135 cm³/mol. The number of nitrogens with zero attached hydrogens (tertiary/aromatic N) is 3. The Kier molecular flexibility index (Phi) is 5.74. The molecule has 3 aliphatic rings. The van der Waals surface area contributed by atoms with Crippen LogP contribution in [0.15, 0.2) is 48.5 Å². The highest BCUT2D eigenvalue weighted by atomic mass is 16.6. The molecule has 3 aromatic rings. The molecule has 2 amide bonds. The van der Waals surface area contributed by atoms with Crippen molar-refractivity contribution in [2.45, 2.75) is 69.5 Å². The predicted octanol–water partition coefficient (Wildman–Crippen LogP) is 4.87. The summed E-state index contributed by atoms with van der Waals surface area (Å²) in [4.78, 5) is 45.7. The van der Waals surface area contributed by atoms with Gasteiger partial charge >= 0.3 is 0 Å². The molecule has 0 radical (unpaired) electrons. The molecular formula is C28H30N4O4. The first-order valence-corrected chi connectivity index (χ1v) is 13.0. The number of benzene rings is 2. The van der Waals surface area contributed by atoms with Gasteiger partial charge in [-0.15, -0.1) is 0 Å². The highest BCUT2D eigenvalue weighted by molar-refractivity contribution is 5.97. The van der Waals surface area contributed by atoms with Crippen molar-refractivity contribution in [1.82, 2.24) is 14.8 Å². The highest BCUT2D eigenvalue weighted by Crippen LogP contribution is 2.43. The van der Waals surface area contributed by atoms with E-state index in [1.54, 1.807) is 17.0 Å². The van der Waals surface area contributed by atoms with Crippen molar-refractivity contribution < 1.29 is 14.5 Å². The second-order valence-electron chi connectivity index (χ2n) is 10.3. The molecule has 0 unspecified atom stereocenters. The van der Waals surface area contributed by atoms with Crippen LogP contribution in [0.2, 0.25) is 0 Å². The van der Waals surface area contributed by atoms with Crippen LogP contribution < -0.4 is 0 Å². The maximum Gasteiger partial charge on any atom is 0.269 e. The summed E-state index contributed by atoms with van der Waals surface area (Å²) >= 11 is 0. The number of para-hydroxylation sites is 1. The molecule has 2 aromatic carbocycles. The molecule has 0 spiro atoms. The Hall–Kier alpha value is -3.68. The number of fused-ring (bicyclic) bond motifs is 4. The van der Waals surface area contributed by atoms with Gasteiger partial charge in [0.05, 0.1) is 11.0 Å². The molecule has 36 heavy (non-hydrogen) atoms. The summed E-state index contributed by atoms with van der Waals surface area (Å²) in [6, 6.07) is 13.4. The number of H-pyrrole nitrogens is 1. The van der Waals surface area contributed by atoms with Gasteiger partial charge in [-0.1, -0.05) is 50.3 Å². The van der Waals surface area contributed by atoms with E-state index in [4.69, 9.17) is 0 Å². The first-order valence-electron chi connectivity index (χ1n) is 13.0. The maximum absolute atomic E-state index is 14.0. The van der Waals surface area contributed by atoms with Crippen LogP contribution in [0.3, 0.4) is 0 Å². The van der Waals surface area contributed by atoms with Crippen LogP contribution in [0, 0.1) is 10.1 Å². The van der Waals surface area contributed by atoms with Crippen molar-refractivity contribution in [2.24, 2.45) is 0 Å². The molecule has 186 valence electrons. The Bertz CT molecular complexity index is 1320. The third-order valence-corrected chi connectivity index (χ3v) is 8.23. The van der Waals surface area contributed by atoms with Gasteiger partial charge in [0.2, 0.25) is 11.8 Å². The zero-order valence-electron chi connectivity index (χ0n) is 20.2. The Morgan fingerprint density at radius 3 is 2.33 bits per heavy atom. The largest absolute Gasteiger partial charge is 0.356 e. The number of non-ortho nitro benzene ring substituents is 1. The molecule has 1 aliphatic carbocycles. The minimum atomic E-state index is -0.580. The monoisotopic (exact) mass is 486 g/mol. The number of rotatable bonds is 3. The number of nitro benzene ring substituents is 1. The Morgan fingerprint density at radius 2 is 1.61 bits per heavy atom. The average molecular weight is 487 g/mol. The van der Waals surface area contributed by atoms with Gasteiger partial charge in [0, 0.05) is 41.2 Å². The molecule has 2 atom stereocenters. The van der Waals surface area contributed by atoms with Crippen molar-refractivity contribution in [3.05, 3.63) is 75.5 Å². The van der Waals surface area contributed by atoms with Gasteiger partial charge in [0.1, 0.15) is 12.6 Å². The third kappa shape index (κ3) is 3.75. The summed E-state index contributed by atoms with van der Waals surface area (Å²) in [5.74, 6) is -0.0302. The summed E-state index contributed by atoms with van der Waals surface area (Å²) in [6.07, 6.45) is 8.18. The van der Waals surface area contributed by atoms with E-state index < -0.39 is 17.0 Å². The Labute approximate surface area is 209 Å². The van der Waals surface area contributed by atoms with E-state index in [1.807, 2.05) is 23.1 Å². The molecule has 8 nitrogen and oxygen atoms in total. The van der Waals surface area contributed by atoms with E-state index in [9.17, 15) is 19.7 Å². The van der Waals surface area contributed by atoms with E-state index >= 15 is 0 Å². The minimum Gasteiger partial charge on any atom is -0.356 e. The number of carbonyl (C=O) groups excluding carboxylic acids is 2. The van der Waals surface area contributed by atoms with Crippen molar-refractivity contribution in [3.8, 4) is 0 Å². The molecule has 2 aliphatic heterocycles. The SMILES string of the molecule is O=C1[C@H]2Cc3c([nH]c4ccccc34)[C@@H](c3ccc([N+](=O)[O-])cc3)N2C(=O)CN1C1CCCCCCC1. The van der Waals surface area contributed by atoms with Gasteiger partial charge in [-0.2, -0.15) is 0 Å². The molecular weight excluding hydrogens is 456 g/mol. The molecule has 0 bridgehead atoms. The van der Waals surface area contributed by atoms with Crippen LogP contribution in [0.4, 0.5) is 5.69 Å². The first kappa shape index (κ1) is 22.8. The van der Waals surface area contributed by atoms with Crippen LogP contribution in [-0.2, 0) is 16.0 Å². The second kappa shape index (κ2) is 9.08. The fourth-order valence-electron chi connectivity index (χ4n) is 6.47. The van der Waals surface area contributed by atoms with E-state index in [1.165, 1.54) is 31.4 Å². The normalized spacial score (nSPS) is 23.2. The summed E-state index contributed by atoms with van der Waals surface area (Å²) in [5, 5.41) is 12.3. The molecule has 1 N–H and O–H groups in total. The van der Waals surface area contributed by atoms with Gasteiger partial charge in [0.25, 0.3) is 5.69 Å². The minimum absolute atomic E-state index is 0.000478. The van der Waals surface area contributed by atoms with Crippen molar-refractivity contribution >= 4 is 28.4 Å². The van der Waals surface area contributed by atoms with Crippen molar-refractivity contribution in [1.29, 1.82) is 0 Å². The van der Waals surface area contributed by atoms with Crippen LogP contribution in [0.1, 0.15) is 67.8 Å². The number of hydrogen-bond acceptors (Lipinski definition) is 4. The number of amides is 2. The van der Waals surface area contributed by atoms with Gasteiger partial charge in [0.15, 0.2) is 0 Å². The van der Waals surface area contributed by atoms with Gasteiger partial charge in [-0.3, -0.25) is 19.7 Å². The van der Waals surface area contributed by atoms with E-state index in [0.717, 1.165) is 53.4 Å². The second-order valence-corrected chi connectivity index (χ2v) is 10.3. The topological polar surface area (TPSA) is 99.5 Å². The Morgan fingerprint density at radius 1 is 0.917 bits per heavy atom. The van der Waals surface area contributed by atoms with Crippen LogP contribution in [0.25, 0.3) is 10.9 Å². The number of carbonyl (C=O) groups is 2. The lowest BCUT2D eigenvalue weighted by Gasteiger charge is -2.49.